The van der Waals surface area contributed by atoms with E-state index in [2.05, 4.69) is 31.7 Å². The maximum absolute atomic E-state index is 12.6. The molecule has 0 spiro atoms. The van der Waals surface area contributed by atoms with Crippen LogP contribution >= 0.6 is 15.9 Å². The van der Waals surface area contributed by atoms with Gasteiger partial charge in [0.25, 0.3) is 5.56 Å². The number of anilines is 1. The van der Waals surface area contributed by atoms with Gasteiger partial charge in [-0.05, 0) is 54.1 Å². The van der Waals surface area contributed by atoms with E-state index in [9.17, 15) is 4.79 Å². The van der Waals surface area contributed by atoms with Gasteiger partial charge in [0, 0.05) is 19.1 Å². The van der Waals surface area contributed by atoms with Gasteiger partial charge in [-0.3, -0.25) is 4.79 Å². The highest BCUT2D eigenvalue weighted by atomic mass is 79.9. The summed E-state index contributed by atoms with van der Waals surface area (Å²) in [6.45, 7) is 2.74. The van der Waals surface area contributed by atoms with E-state index in [0.717, 1.165) is 30.5 Å². The third kappa shape index (κ3) is 3.66. The Morgan fingerprint density at radius 2 is 2.19 bits per heavy atom. The van der Waals surface area contributed by atoms with Gasteiger partial charge in [0.15, 0.2) is 0 Å². The molecule has 1 aromatic heterocycles. The Morgan fingerprint density at radius 3 is 2.95 bits per heavy atom. The molecule has 2 heterocycles. The lowest BCUT2D eigenvalue weighted by atomic mass is 9.85. The number of nitrogens with zero attached hydrogens (tertiary/aromatic N) is 2. The van der Waals surface area contributed by atoms with E-state index in [1.54, 1.807) is 10.9 Å². The third-order valence-corrected chi connectivity index (χ3v) is 5.15. The van der Waals surface area contributed by atoms with Crippen LogP contribution in [0, 0.1) is 5.92 Å². The Bertz CT molecular complexity index is 533. The fourth-order valence-electron chi connectivity index (χ4n) is 3.00. The van der Waals surface area contributed by atoms with E-state index in [0.29, 0.717) is 17.6 Å². The fraction of sp³-hybridized carbons (Fsp3) is 0.733. The molecule has 1 saturated carbocycles. The zero-order valence-electron chi connectivity index (χ0n) is 12.3. The normalized spacial score (nSPS) is 23.4. The largest absolute Gasteiger partial charge is 0.376 e. The van der Waals surface area contributed by atoms with Crippen LogP contribution in [0.15, 0.2) is 15.5 Å². The second-order valence-corrected chi connectivity index (χ2v) is 7.05. The van der Waals surface area contributed by atoms with Crippen molar-refractivity contribution in [3.63, 3.8) is 0 Å². The first-order chi connectivity index (χ1) is 10.2. The topological polar surface area (TPSA) is 59.0 Å². The van der Waals surface area contributed by atoms with Gasteiger partial charge in [0.05, 0.1) is 10.7 Å². The average Bonchev–Trinajstić information content (AvgIpc) is 2.69. The van der Waals surface area contributed by atoms with E-state index in [-0.39, 0.29) is 5.56 Å². The minimum absolute atomic E-state index is 0.000483. The van der Waals surface area contributed by atoms with Crippen LogP contribution in [0.2, 0.25) is 0 Å². The van der Waals surface area contributed by atoms with E-state index in [1.165, 1.54) is 32.1 Å². The Labute approximate surface area is 133 Å². The minimum Gasteiger partial charge on any atom is -0.376 e. The zero-order chi connectivity index (χ0) is 14.7. The molecule has 0 radical (unpaired) electrons. The van der Waals surface area contributed by atoms with Gasteiger partial charge in [0.2, 0.25) is 0 Å². The average molecular weight is 355 g/mol. The van der Waals surface area contributed by atoms with Crippen LogP contribution in [0.5, 0.6) is 0 Å². The second-order valence-electron chi connectivity index (χ2n) is 6.19. The number of hydrogen-bond acceptors (Lipinski definition) is 4. The molecule has 6 heteroatoms. The molecular weight excluding hydrogens is 332 g/mol. The lowest BCUT2D eigenvalue weighted by Crippen LogP contribution is -2.36. The van der Waals surface area contributed by atoms with Crippen molar-refractivity contribution >= 4 is 21.6 Å². The molecule has 2 aliphatic rings. The fourth-order valence-corrected chi connectivity index (χ4v) is 3.37. The number of halogens is 1. The molecule has 21 heavy (non-hydrogen) atoms. The van der Waals surface area contributed by atoms with Gasteiger partial charge in [-0.2, -0.15) is 5.10 Å². The van der Waals surface area contributed by atoms with Crippen LogP contribution in [0.3, 0.4) is 0 Å². The Kier molecular flexibility index (Phi) is 4.95. The zero-order valence-corrected chi connectivity index (χ0v) is 13.9. The highest BCUT2D eigenvalue weighted by molar-refractivity contribution is 9.10. The molecule has 0 bridgehead atoms. The van der Waals surface area contributed by atoms with Gasteiger partial charge in [0.1, 0.15) is 5.69 Å². The lowest BCUT2D eigenvalue weighted by molar-refractivity contribution is 0.262. The molecule has 1 aliphatic heterocycles. The quantitative estimate of drug-likeness (QED) is 0.871. The maximum Gasteiger partial charge on any atom is 0.291 e. The first-order valence-corrected chi connectivity index (χ1v) is 8.76. The summed E-state index contributed by atoms with van der Waals surface area (Å²) in [4.78, 5) is 12.6. The summed E-state index contributed by atoms with van der Waals surface area (Å²) in [7, 11) is 0. The smallest absolute Gasteiger partial charge is 0.291 e. The summed E-state index contributed by atoms with van der Waals surface area (Å²) in [6, 6.07) is 0.316. The monoisotopic (exact) mass is 354 g/mol. The summed E-state index contributed by atoms with van der Waals surface area (Å²) in [5, 5.41) is 11.1. The van der Waals surface area contributed by atoms with Crippen molar-refractivity contribution in [1.82, 2.24) is 15.1 Å². The van der Waals surface area contributed by atoms with Crippen molar-refractivity contribution < 1.29 is 0 Å². The molecule has 2 fully saturated rings. The van der Waals surface area contributed by atoms with E-state index < -0.39 is 0 Å². The molecule has 5 nitrogen and oxygen atoms in total. The van der Waals surface area contributed by atoms with Gasteiger partial charge < -0.3 is 10.6 Å². The Hall–Kier alpha value is -0.880. The van der Waals surface area contributed by atoms with E-state index in [1.807, 2.05) is 0 Å². The second kappa shape index (κ2) is 6.92. The van der Waals surface area contributed by atoms with Crippen LogP contribution in [-0.2, 0) is 6.54 Å². The number of aromatic nitrogens is 2. The lowest BCUT2D eigenvalue weighted by Gasteiger charge is -2.26. The van der Waals surface area contributed by atoms with E-state index >= 15 is 0 Å². The van der Waals surface area contributed by atoms with Gasteiger partial charge in [-0.25, -0.2) is 4.68 Å². The molecule has 116 valence electrons. The molecule has 0 amide bonds. The van der Waals surface area contributed by atoms with Crippen molar-refractivity contribution in [2.24, 2.45) is 5.92 Å². The molecule has 1 unspecified atom stereocenters. The summed E-state index contributed by atoms with van der Waals surface area (Å²) in [6.07, 6.45) is 8.98. The number of rotatable bonds is 4. The first kappa shape index (κ1) is 15.0. The predicted octanol–water partition coefficient (Wildman–Crippen LogP) is 2.36. The SMILES string of the molecule is O=c1c(NC2CCCCNC2)c(Br)cnn1CC1CCC1. The molecule has 1 saturated heterocycles. The van der Waals surface area contributed by atoms with Crippen molar-refractivity contribution in [2.75, 3.05) is 18.4 Å². The summed E-state index contributed by atoms with van der Waals surface area (Å²) < 4.78 is 2.39. The minimum atomic E-state index is 0.000483. The van der Waals surface area contributed by atoms with Crippen molar-refractivity contribution in [3.8, 4) is 0 Å². The maximum atomic E-state index is 12.6. The van der Waals surface area contributed by atoms with Gasteiger partial charge >= 0.3 is 0 Å². The Balaban J connectivity index is 1.75. The molecule has 1 aliphatic carbocycles. The molecular formula is C15H23BrN4O. The van der Waals surface area contributed by atoms with Crippen molar-refractivity contribution in [2.45, 2.75) is 51.1 Å². The first-order valence-electron chi connectivity index (χ1n) is 7.97. The van der Waals surface area contributed by atoms with Crippen LogP contribution in [-0.4, -0.2) is 28.9 Å². The summed E-state index contributed by atoms with van der Waals surface area (Å²) in [5.41, 5.74) is 0.665. The molecule has 3 rings (SSSR count). The highest BCUT2D eigenvalue weighted by Gasteiger charge is 2.21. The predicted molar refractivity (Wildman–Crippen MR) is 87.7 cm³/mol. The molecule has 0 aromatic carbocycles. The van der Waals surface area contributed by atoms with Gasteiger partial charge in [-0.1, -0.05) is 12.8 Å². The van der Waals surface area contributed by atoms with Gasteiger partial charge in [-0.15, -0.1) is 0 Å². The van der Waals surface area contributed by atoms with E-state index in [4.69, 9.17) is 0 Å². The van der Waals surface area contributed by atoms with Crippen molar-refractivity contribution in [3.05, 3.63) is 21.0 Å². The standard InChI is InChI=1S/C15H23BrN4O/c16-13-9-18-20(10-11-4-3-5-11)15(21)14(13)19-12-6-1-2-7-17-8-12/h9,11-12,17,19H,1-8,10H2. The highest BCUT2D eigenvalue weighted by Crippen LogP contribution is 2.27. The molecule has 1 aromatic rings. The van der Waals surface area contributed by atoms with Crippen LogP contribution in [0.4, 0.5) is 5.69 Å². The molecule has 1 atom stereocenters. The summed E-state index contributed by atoms with van der Waals surface area (Å²) >= 11 is 3.47. The van der Waals surface area contributed by atoms with Crippen LogP contribution in [0.25, 0.3) is 0 Å². The van der Waals surface area contributed by atoms with Crippen LogP contribution < -0.4 is 16.2 Å². The number of nitrogens with one attached hydrogen (secondary N) is 2. The van der Waals surface area contributed by atoms with Crippen LogP contribution in [0.1, 0.15) is 38.5 Å². The van der Waals surface area contributed by atoms with Crippen molar-refractivity contribution in [1.29, 1.82) is 0 Å². The molecule has 2 N–H and O–H groups in total. The Morgan fingerprint density at radius 1 is 1.33 bits per heavy atom. The summed E-state index contributed by atoms with van der Waals surface area (Å²) in [5.74, 6) is 0.628. The third-order valence-electron chi connectivity index (χ3n) is 4.55. The number of hydrogen-bond donors (Lipinski definition) is 2.